The minimum absolute atomic E-state index is 0.155. The lowest BCUT2D eigenvalue weighted by Gasteiger charge is -2.41. The van der Waals surface area contributed by atoms with Gasteiger partial charge in [-0.3, -0.25) is 9.69 Å². The fourth-order valence-electron chi connectivity index (χ4n) is 3.03. The SMILES string of the molecule is NC1CCN(C2CCCCC2)CC1C(=O)O. The van der Waals surface area contributed by atoms with E-state index in [1.165, 1.54) is 32.1 Å². The van der Waals surface area contributed by atoms with Crippen LogP contribution < -0.4 is 5.73 Å². The zero-order chi connectivity index (χ0) is 11.5. The third kappa shape index (κ3) is 2.55. The Morgan fingerprint density at radius 3 is 2.50 bits per heavy atom. The molecule has 0 bridgehead atoms. The summed E-state index contributed by atoms with van der Waals surface area (Å²) in [5.41, 5.74) is 5.86. The fraction of sp³-hybridized carbons (Fsp3) is 0.917. The van der Waals surface area contributed by atoms with E-state index in [0.29, 0.717) is 12.6 Å². The van der Waals surface area contributed by atoms with Crippen molar-refractivity contribution in [2.45, 2.75) is 50.6 Å². The first-order chi connectivity index (χ1) is 7.68. The van der Waals surface area contributed by atoms with Crippen LogP contribution in [-0.4, -0.2) is 41.1 Å². The summed E-state index contributed by atoms with van der Waals surface area (Å²) in [6.45, 7) is 1.64. The highest BCUT2D eigenvalue weighted by molar-refractivity contribution is 5.71. The van der Waals surface area contributed by atoms with Crippen LogP contribution in [0.5, 0.6) is 0 Å². The van der Waals surface area contributed by atoms with Crippen molar-refractivity contribution in [1.29, 1.82) is 0 Å². The molecule has 3 N–H and O–H groups in total. The Morgan fingerprint density at radius 2 is 1.88 bits per heavy atom. The van der Waals surface area contributed by atoms with Crippen LogP contribution in [0.3, 0.4) is 0 Å². The molecule has 1 saturated heterocycles. The minimum atomic E-state index is -0.729. The van der Waals surface area contributed by atoms with Gasteiger partial charge < -0.3 is 10.8 Å². The van der Waals surface area contributed by atoms with Gasteiger partial charge in [-0.05, 0) is 25.8 Å². The van der Waals surface area contributed by atoms with E-state index in [9.17, 15) is 4.79 Å². The van der Waals surface area contributed by atoms with E-state index in [1.54, 1.807) is 0 Å². The Morgan fingerprint density at radius 1 is 1.19 bits per heavy atom. The normalized spacial score (nSPS) is 33.8. The summed E-state index contributed by atoms with van der Waals surface area (Å²) >= 11 is 0. The van der Waals surface area contributed by atoms with Crippen molar-refractivity contribution in [1.82, 2.24) is 4.90 Å². The van der Waals surface area contributed by atoms with Crippen molar-refractivity contribution in [3.05, 3.63) is 0 Å². The van der Waals surface area contributed by atoms with Gasteiger partial charge in [0.1, 0.15) is 0 Å². The van der Waals surface area contributed by atoms with Crippen molar-refractivity contribution in [2.75, 3.05) is 13.1 Å². The molecule has 4 nitrogen and oxygen atoms in total. The number of aliphatic carboxylic acids is 1. The maximum absolute atomic E-state index is 11.1. The number of nitrogens with zero attached hydrogens (tertiary/aromatic N) is 1. The first kappa shape index (κ1) is 11.9. The maximum atomic E-state index is 11.1. The Balaban J connectivity index is 1.93. The molecule has 1 aliphatic heterocycles. The second-order valence-corrected chi connectivity index (χ2v) is 5.18. The minimum Gasteiger partial charge on any atom is -0.481 e. The molecule has 0 aromatic heterocycles. The molecule has 0 spiro atoms. The van der Waals surface area contributed by atoms with Crippen LogP contribution in [0.25, 0.3) is 0 Å². The van der Waals surface area contributed by atoms with E-state index in [-0.39, 0.29) is 12.0 Å². The summed E-state index contributed by atoms with van der Waals surface area (Å²) in [6, 6.07) is 0.459. The highest BCUT2D eigenvalue weighted by Crippen LogP contribution is 2.26. The summed E-state index contributed by atoms with van der Waals surface area (Å²) in [6.07, 6.45) is 7.23. The summed E-state index contributed by atoms with van der Waals surface area (Å²) in [5.74, 6) is -1.09. The second-order valence-electron chi connectivity index (χ2n) is 5.18. The molecule has 0 radical (unpaired) electrons. The highest BCUT2D eigenvalue weighted by atomic mass is 16.4. The molecule has 2 fully saturated rings. The van der Waals surface area contributed by atoms with Crippen molar-refractivity contribution in [3.8, 4) is 0 Å². The van der Waals surface area contributed by atoms with Crippen LogP contribution >= 0.6 is 0 Å². The quantitative estimate of drug-likeness (QED) is 0.738. The summed E-state index contributed by atoms with van der Waals surface area (Å²) in [7, 11) is 0. The standard InChI is InChI=1S/C12H22N2O2/c13-11-6-7-14(8-10(11)12(15)16)9-4-2-1-3-5-9/h9-11H,1-8,13H2,(H,15,16). The van der Waals surface area contributed by atoms with Crippen molar-refractivity contribution < 1.29 is 9.90 Å². The first-order valence-electron chi connectivity index (χ1n) is 6.41. The molecule has 2 aliphatic rings. The summed E-state index contributed by atoms with van der Waals surface area (Å²) in [5, 5.41) is 9.12. The molecule has 0 amide bonds. The van der Waals surface area contributed by atoms with Gasteiger partial charge in [0, 0.05) is 18.6 Å². The largest absolute Gasteiger partial charge is 0.481 e. The van der Waals surface area contributed by atoms with Gasteiger partial charge in [0.2, 0.25) is 0 Å². The zero-order valence-electron chi connectivity index (χ0n) is 9.77. The van der Waals surface area contributed by atoms with Gasteiger partial charge in [-0.2, -0.15) is 0 Å². The molecule has 2 unspecified atom stereocenters. The molecule has 2 rings (SSSR count). The third-order valence-corrected chi connectivity index (χ3v) is 4.11. The van der Waals surface area contributed by atoms with Gasteiger partial charge in [0.25, 0.3) is 0 Å². The fourth-order valence-corrected chi connectivity index (χ4v) is 3.03. The molecule has 92 valence electrons. The van der Waals surface area contributed by atoms with Crippen LogP contribution in [-0.2, 0) is 4.79 Å². The molecule has 16 heavy (non-hydrogen) atoms. The smallest absolute Gasteiger partial charge is 0.309 e. The molecular weight excluding hydrogens is 204 g/mol. The van der Waals surface area contributed by atoms with Crippen LogP contribution in [0.2, 0.25) is 0 Å². The Kier molecular flexibility index (Phi) is 3.82. The first-order valence-corrected chi connectivity index (χ1v) is 6.41. The predicted molar refractivity (Wildman–Crippen MR) is 62.2 cm³/mol. The lowest BCUT2D eigenvalue weighted by molar-refractivity contribution is -0.144. The number of nitrogens with two attached hydrogens (primary N) is 1. The maximum Gasteiger partial charge on any atom is 0.309 e. The molecular formula is C12H22N2O2. The van der Waals surface area contributed by atoms with E-state index >= 15 is 0 Å². The Bertz CT molecular complexity index is 251. The van der Waals surface area contributed by atoms with Gasteiger partial charge >= 0.3 is 5.97 Å². The van der Waals surface area contributed by atoms with E-state index in [0.717, 1.165) is 13.0 Å². The van der Waals surface area contributed by atoms with Crippen molar-refractivity contribution in [2.24, 2.45) is 11.7 Å². The average Bonchev–Trinajstić information content (AvgIpc) is 2.30. The summed E-state index contributed by atoms with van der Waals surface area (Å²) < 4.78 is 0. The predicted octanol–water partition coefficient (Wildman–Crippen LogP) is 1.05. The van der Waals surface area contributed by atoms with Crippen LogP contribution in [0.1, 0.15) is 38.5 Å². The molecule has 1 saturated carbocycles. The number of carbonyl (C=O) groups is 1. The summed E-state index contributed by atoms with van der Waals surface area (Å²) in [4.78, 5) is 13.4. The van der Waals surface area contributed by atoms with E-state index in [2.05, 4.69) is 4.90 Å². The second kappa shape index (κ2) is 5.15. The van der Waals surface area contributed by atoms with Gasteiger partial charge in [-0.25, -0.2) is 0 Å². The zero-order valence-corrected chi connectivity index (χ0v) is 9.77. The van der Waals surface area contributed by atoms with Crippen molar-refractivity contribution >= 4 is 5.97 Å². The number of rotatable bonds is 2. The van der Waals surface area contributed by atoms with Crippen LogP contribution in [0.4, 0.5) is 0 Å². The number of carboxylic acid groups (broad SMARTS) is 1. The van der Waals surface area contributed by atoms with E-state index in [1.807, 2.05) is 0 Å². The molecule has 1 heterocycles. The number of carboxylic acids is 1. The molecule has 0 aromatic rings. The molecule has 0 aromatic carbocycles. The van der Waals surface area contributed by atoms with Gasteiger partial charge in [0.05, 0.1) is 5.92 Å². The molecule has 4 heteroatoms. The van der Waals surface area contributed by atoms with E-state index in [4.69, 9.17) is 10.8 Å². The lowest BCUT2D eigenvalue weighted by atomic mass is 9.88. The molecule has 1 aliphatic carbocycles. The van der Waals surface area contributed by atoms with Crippen LogP contribution in [0, 0.1) is 5.92 Å². The van der Waals surface area contributed by atoms with E-state index < -0.39 is 5.97 Å². The average molecular weight is 226 g/mol. The Labute approximate surface area is 96.8 Å². The van der Waals surface area contributed by atoms with Gasteiger partial charge in [-0.1, -0.05) is 19.3 Å². The van der Waals surface area contributed by atoms with Crippen LogP contribution in [0.15, 0.2) is 0 Å². The Hall–Kier alpha value is -0.610. The topological polar surface area (TPSA) is 66.6 Å². The number of hydrogen-bond donors (Lipinski definition) is 2. The van der Waals surface area contributed by atoms with Gasteiger partial charge in [-0.15, -0.1) is 0 Å². The number of piperidine rings is 1. The highest BCUT2D eigenvalue weighted by Gasteiger charge is 2.34. The number of hydrogen-bond acceptors (Lipinski definition) is 3. The van der Waals surface area contributed by atoms with Gasteiger partial charge in [0.15, 0.2) is 0 Å². The monoisotopic (exact) mass is 226 g/mol. The number of likely N-dealkylation sites (tertiary alicyclic amines) is 1. The van der Waals surface area contributed by atoms with Crippen molar-refractivity contribution in [3.63, 3.8) is 0 Å². The molecule has 2 atom stereocenters. The third-order valence-electron chi connectivity index (χ3n) is 4.11. The lowest BCUT2D eigenvalue weighted by Crippen LogP contribution is -2.53.